The number of furan rings is 1. The summed E-state index contributed by atoms with van der Waals surface area (Å²) in [5.74, 6) is 0. The highest BCUT2D eigenvalue weighted by Crippen LogP contribution is 2.42. The topological polar surface area (TPSA) is 16.4 Å². The number of para-hydroxylation sites is 1. The zero-order valence-electron chi connectivity index (χ0n) is 30.7. The van der Waals surface area contributed by atoms with E-state index in [4.69, 9.17) is 4.42 Å². The minimum atomic E-state index is 0.577. The first kappa shape index (κ1) is 30.5. The Morgan fingerprint density at radius 2 is 0.909 bits per heavy atom. The molecule has 55 heavy (non-hydrogen) atoms. The highest BCUT2D eigenvalue weighted by molar-refractivity contribution is 7.25. The van der Waals surface area contributed by atoms with E-state index in [9.17, 15) is 1.37 Å². The van der Waals surface area contributed by atoms with Gasteiger partial charge in [-0.15, -0.1) is 11.3 Å². The summed E-state index contributed by atoms with van der Waals surface area (Å²) < 4.78 is 17.7. The zero-order chi connectivity index (χ0) is 37.2. The van der Waals surface area contributed by atoms with Gasteiger partial charge < -0.3 is 9.32 Å². The summed E-state index contributed by atoms with van der Waals surface area (Å²) in [7, 11) is 0. The molecule has 0 bridgehead atoms. The lowest BCUT2D eigenvalue weighted by Gasteiger charge is -2.26. The Labute approximate surface area is 324 Å². The molecule has 11 aromatic rings. The van der Waals surface area contributed by atoms with E-state index in [0.29, 0.717) is 6.04 Å². The molecule has 0 aliphatic carbocycles. The molecule has 0 radical (unpaired) electrons. The largest absolute Gasteiger partial charge is 0.456 e. The second kappa shape index (κ2) is 12.9. The molecule has 2 aromatic heterocycles. The van der Waals surface area contributed by atoms with Crippen LogP contribution in [0.15, 0.2) is 205 Å². The molecule has 0 atom stereocenters. The van der Waals surface area contributed by atoms with Crippen molar-refractivity contribution < 1.29 is 5.79 Å². The molecule has 0 unspecified atom stereocenters. The molecule has 2 nitrogen and oxygen atoms in total. The summed E-state index contributed by atoms with van der Waals surface area (Å²) in [5, 5.41) is 7.10. The summed E-state index contributed by atoms with van der Waals surface area (Å²) in [6.07, 6.45) is 0. The van der Waals surface area contributed by atoms with Crippen LogP contribution in [-0.2, 0) is 0 Å². The average molecular weight is 721 g/mol. The highest BCUT2D eigenvalue weighted by atomic mass is 32.1. The van der Waals surface area contributed by atoms with Crippen LogP contribution < -0.4 is 4.90 Å². The summed E-state index contributed by atoms with van der Waals surface area (Å²) in [6.45, 7) is 0. The second-order valence-corrected chi connectivity index (χ2v) is 15.0. The van der Waals surface area contributed by atoms with Crippen molar-refractivity contribution in [3.8, 4) is 33.4 Å². The molecule has 0 fully saturated rings. The molecule has 11 rings (SSSR count). The molecule has 2 heterocycles. The van der Waals surface area contributed by atoms with Crippen molar-refractivity contribution >= 4 is 81.3 Å². The summed E-state index contributed by atoms with van der Waals surface area (Å²) in [6, 6.07) is 69.3. The number of hydrogen-bond donors (Lipinski definition) is 0. The van der Waals surface area contributed by atoms with Gasteiger partial charge >= 0.3 is 0 Å². The SMILES string of the molecule is [2H]c1c(-c2ccc(N(c3ccc(-c4cccc5ccccc45)cc3)c3ccc(-c4cccc5oc6ccccc6c45)cc3)cc2)ccc2c1sc1ccccc12. The molecule has 0 amide bonds. The minimum absolute atomic E-state index is 0.577. The number of thiophene rings is 1. The molecule has 0 saturated heterocycles. The third-order valence-corrected chi connectivity index (χ3v) is 11.9. The fourth-order valence-corrected chi connectivity index (χ4v) is 9.24. The second-order valence-electron chi connectivity index (χ2n) is 14.0. The predicted molar refractivity (Wildman–Crippen MR) is 235 cm³/mol. The number of benzene rings is 9. The smallest absolute Gasteiger partial charge is 0.136 e. The molecule has 258 valence electrons. The van der Waals surface area contributed by atoms with E-state index < -0.39 is 0 Å². The van der Waals surface area contributed by atoms with E-state index in [1.165, 1.54) is 32.0 Å². The Balaban J connectivity index is 1.00. The Kier molecular flexibility index (Phi) is 7.14. The van der Waals surface area contributed by atoms with Gasteiger partial charge in [-0.2, -0.15) is 0 Å². The summed E-state index contributed by atoms with van der Waals surface area (Å²) in [4.78, 5) is 2.31. The van der Waals surface area contributed by atoms with Crippen molar-refractivity contribution in [2.45, 2.75) is 0 Å². The van der Waals surface area contributed by atoms with Crippen LogP contribution in [0.1, 0.15) is 1.37 Å². The fraction of sp³-hybridized carbons (Fsp3) is 0. The van der Waals surface area contributed by atoms with Gasteiger partial charge in [0.1, 0.15) is 11.2 Å². The molecule has 0 aliphatic heterocycles. The maximum absolute atomic E-state index is 9.23. The molecule has 0 N–H and O–H groups in total. The Bertz CT molecular complexity index is 3240. The van der Waals surface area contributed by atoms with Crippen molar-refractivity contribution in [2.24, 2.45) is 0 Å². The van der Waals surface area contributed by atoms with Gasteiger partial charge in [0, 0.05) is 48.0 Å². The van der Waals surface area contributed by atoms with Gasteiger partial charge in [0.25, 0.3) is 0 Å². The lowest BCUT2D eigenvalue weighted by atomic mass is 9.97. The van der Waals surface area contributed by atoms with Crippen molar-refractivity contribution in [3.63, 3.8) is 0 Å². The average Bonchev–Trinajstić information content (AvgIpc) is 3.84. The third kappa shape index (κ3) is 5.40. The van der Waals surface area contributed by atoms with Crippen LogP contribution in [0.25, 0.3) is 86.3 Å². The zero-order valence-corrected chi connectivity index (χ0v) is 30.6. The first-order chi connectivity index (χ1) is 27.7. The number of nitrogens with zero attached hydrogens (tertiary/aromatic N) is 1. The lowest BCUT2D eigenvalue weighted by Crippen LogP contribution is -2.09. The number of anilines is 3. The first-order valence-corrected chi connectivity index (χ1v) is 19.4. The van der Waals surface area contributed by atoms with E-state index in [1.807, 2.05) is 18.2 Å². The number of hydrogen-bond acceptors (Lipinski definition) is 3. The van der Waals surface area contributed by atoms with Gasteiger partial charge in [-0.1, -0.05) is 140 Å². The van der Waals surface area contributed by atoms with Crippen LogP contribution >= 0.6 is 11.3 Å². The summed E-state index contributed by atoms with van der Waals surface area (Å²) >= 11 is 1.70. The van der Waals surface area contributed by atoms with Crippen LogP contribution in [0.5, 0.6) is 0 Å². The number of rotatable bonds is 6. The Hall–Kier alpha value is -6.94. The molecule has 0 aliphatic rings. The van der Waals surface area contributed by atoms with Crippen LogP contribution in [-0.4, -0.2) is 0 Å². The van der Waals surface area contributed by atoms with Gasteiger partial charge in [0.15, 0.2) is 0 Å². The van der Waals surface area contributed by atoms with Gasteiger partial charge in [-0.3, -0.25) is 0 Å². The Morgan fingerprint density at radius 3 is 1.67 bits per heavy atom. The van der Waals surface area contributed by atoms with E-state index in [2.05, 4.69) is 181 Å². The molecule has 9 aromatic carbocycles. The molecule has 3 heteroatoms. The molecular formula is C52H33NOS. The quantitative estimate of drug-likeness (QED) is 0.170. The van der Waals surface area contributed by atoms with Crippen LogP contribution in [0.4, 0.5) is 17.1 Å². The normalized spacial score (nSPS) is 11.9. The maximum atomic E-state index is 9.23. The van der Waals surface area contributed by atoms with E-state index in [0.717, 1.165) is 71.3 Å². The van der Waals surface area contributed by atoms with Gasteiger partial charge in [-0.05, 0) is 105 Å². The van der Waals surface area contributed by atoms with Crippen molar-refractivity contribution in [1.29, 1.82) is 0 Å². The van der Waals surface area contributed by atoms with E-state index >= 15 is 0 Å². The highest BCUT2D eigenvalue weighted by Gasteiger charge is 2.17. The third-order valence-electron chi connectivity index (χ3n) is 10.8. The van der Waals surface area contributed by atoms with Gasteiger partial charge in [-0.25, -0.2) is 0 Å². The van der Waals surface area contributed by atoms with Crippen molar-refractivity contribution in [2.75, 3.05) is 4.90 Å². The van der Waals surface area contributed by atoms with Crippen LogP contribution in [0.3, 0.4) is 0 Å². The lowest BCUT2D eigenvalue weighted by molar-refractivity contribution is 0.669. The minimum Gasteiger partial charge on any atom is -0.456 e. The fourth-order valence-electron chi connectivity index (χ4n) is 8.13. The van der Waals surface area contributed by atoms with Gasteiger partial charge in [0.05, 0.1) is 1.37 Å². The maximum Gasteiger partial charge on any atom is 0.136 e. The standard InChI is InChI=1S/C52H33NOS/c1-2-11-42-35(9-1)10-7-14-43(42)36-21-28-40(29-22-36)53(39-26-19-34(20-27-39)38-25-32-46-45-12-4-6-18-50(45)55-51(46)33-38)41-30-23-37(24-31-41)44-15-8-17-49-52(44)47-13-3-5-16-48(47)54-49/h1-33H/i33D. The van der Waals surface area contributed by atoms with Crippen LogP contribution in [0.2, 0.25) is 0 Å². The Morgan fingerprint density at radius 1 is 0.382 bits per heavy atom. The molecule has 0 saturated carbocycles. The monoisotopic (exact) mass is 720 g/mol. The molecular weight excluding hydrogens is 687 g/mol. The van der Waals surface area contributed by atoms with Crippen molar-refractivity contribution in [3.05, 3.63) is 200 Å². The van der Waals surface area contributed by atoms with E-state index in [1.54, 1.807) is 11.3 Å². The first-order valence-electron chi connectivity index (χ1n) is 19.1. The van der Waals surface area contributed by atoms with E-state index in [-0.39, 0.29) is 0 Å². The molecule has 0 spiro atoms. The van der Waals surface area contributed by atoms with Crippen LogP contribution in [0, 0.1) is 0 Å². The van der Waals surface area contributed by atoms with Crippen molar-refractivity contribution in [1.82, 2.24) is 0 Å². The summed E-state index contributed by atoms with van der Waals surface area (Å²) in [5.41, 5.74) is 11.6. The number of fused-ring (bicyclic) bond motifs is 7. The predicted octanol–water partition coefficient (Wildman–Crippen LogP) is 15.6. The van der Waals surface area contributed by atoms with Gasteiger partial charge in [0.2, 0.25) is 0 Å².